The van der Waals surface area contributed by atoms with E-state index in [0.717, 1.165) is 27.2 Å². The van der Waals surface area contributed by atoms with Crippen LogP contribution < -0.4 is 5.32 Å². The number of halogens is 4. The van der Waals surface area contributed by atoms with E-state index < -0.39 is 39.3 Å². The molecule has 0 aromatic heterocycles. The summed E-state index contributed by atoms with van der Waals surface area (Å²) in [4.78, 5) is 38.8. The third kappa shape index (κ3) is 3.00. The number of nitrogens with zero attached hydrogens (tertiary/aromatic N) is 1. The Morgan fingerprint density at radius 3 is 1.72 bits per heavy atom. The molecule has 0 radical (unpaired) electrons. The smallest absolute Gasteiger partial charge is 0.235 e. The van der Waals surface area contributed by atoms with Gasteiger partial charge in [0.05, 0.1) is 27.6 Å². The third-order valence-electron chi connectivity index (χ3n) is 7.46. The molecule has 1 heterocycles. The highest BCUT2D eigenvalue weighted by Gasteiger charge is 2.72. The molecule has 4 aliphatic rings. The molecular weight excluding hydrogens is 542 g/mol. The molecule has 1 saturated heterocycles. The number of hydrogen-bond acceptors (Lipinski definition) is 3. The highest BCUT2D eigenvalue weighted by molar-refractivity contribution is 6.44. The number of benzene rings is 3. The van der Waals surface area contributed by atoms with Gasteiger partial charge in [-0.05, 0) is 34.4 Å². The lowest BCUT2D eigenvalue weighted by Gasteiger charge is -2.54. The van der Waals surface area contributed by atoms with E-state index in [0.29, 0.717) is 10.7 Å². The first-order chi connectivity index (χ1) is 17.2. The normalized spacial score (nSPS) is 27.5. The molecule has 3 aliphatic carbocycles. The second kappa shape index (κ2) is 8.22. The van der Waals surface area contributed by atoms with Gasteiger partial charge in [-0.3, -0.25) is 19.3 Å². The number of carbonyl (C=O) groups is 3. The standard InChI is InChI=1S/C27H18Cl4N2O3/c28-18-10-5-11-19(23(18)29)32-20(34)12-13-33-24(35)21-22(25(33)36)27(31)15-7-2-1-6-14(15)26(21,30)16-8-3-4-9-17(16)27/h1-11,21-22H,12-13H2,(H,32,34)/t21-,22-,26?,27?/m1/s1. The summed E-state index contributed by atoms with van der Waals surface area (Å²) in [6, 6.07) is 19.8. The van der Waals surface area contributed by atoms with E-state index in [1.165, 1.54) is 0 Å². The van der Waals surface area contributed by atoms with Crippen molar-refractivity contribution in [2.75, 3.05) is 11.9 Å². The highest BCUT2D eigenvalue weighted by atomic mass is 35.5. The lowest BCUT2D eigenvalue weighted by Crippen LogP contribution is -2.57. The van der Waals surface area contributed by atoms with Crippen molar-refractivity contribution in [1.82, 2.24) is 4.90 Å². The average molecular weight is 560 g/mol. The van der Waals surface area contributed by atoms with E-state index in [9.17, 15) is 14.4 Å². The molecule has 3 amide bonds. The van der Waals surface area contributed by atoms with Crippen LogP contribution in [0.25, 0.3) is 0 Å². The molecule has 9 heteroatoms. The van der Waals surface area contributed by atoms with Crippen molar-refractivity contribution in [3.63, 3.8) is 0 Å². The van der Waals surface area contributed by atoms with Gasteiger partial charge in [-0.25, -0.2) is 0 Å². The van der Waals surface area contributed by atoms with Gasteiger partial charge in [-0.15, -0.1) is 23.2 Å². The zero-order valence-electron chi connectivity index (χ0n) is 18.6. The number of likely N-dealkylation sites (tertiary alicyclic amines) is 1. The number of anilines is 1. The Hall–Kier alpha value is -2.57. The summed E-state index contributed by atoms with van der Waals surface area (Å²) in [5.41, 5.74) is 3.29. The Bertz CT molecular complexity index is 1350. The number of imide groups is 1. The van der Waals surface area contributed by atoms with Crippen LogP contribution in [0, 0.1) is 11.8 Å². The molecule has 1 N–H and O–H groups in total. The minimum Gasteiger partial charge on any atom is -0.325 e. The van der Waals surface area contributed by atoms with E-state index in [1.54, 1.807) is 18.2 Å². The van der Waals surface area contributed by atoms with E-state index in [-0.39, 0.29) is 18.0 Å². The van der Waals surface area contributed by atoms with Gasteiger partial charge < -0.3 is 5.32 Å². The van der Waals surface area contributed by atoms with Crippen LogP contribution in [0.1, 0.15) is 28.7 Å². The summed E-state index contributed by atoms with van der Waals surface area (Å²) in [6.45, 7) is -0.110. The minimum absolute atomic E-state index is 0.110. The molecule has 2 bridgehead atoms. The first kappa shape index (κ1) is 23.8. The van der Waals surface area contributed by atoms with E-state index >= 15 is 0 Å². The summed E-state index contributed by atoms with van der Waals surface area (Å²) < 4.78 is 0. The maximum atomic E-state index is 13.8. The summed E-state index contributed by atoms with van der Waals surface area (Å²) in [7, 11) is 0. The van der Waals surface area contributed by atoms with E-state index in [2.05, 4.69) is 5.32 Å². The molecule has 5 nitrogen and oxygen atoms in total. The van der Waals surface area contributed by atoms with Crippen LogP contribution in [0.3, 0.4) is 0 Å². The Morgan fingerprint density at radius 1 is 0.778 bits per heavy atom. The second-order valence-corrected chi connectivity index (χ2v) is 11.2. The van der Waals surface area contributed by atoms with Crippen molar-refractivity contribution in [1.29, 1.82) is 0 Å². The van der Waals surface area contributed by atoms with E-state index in [1.807, 2.05) is 48.5 Å². The first-order valence-electron chi connectivity index (χ1n) is 11.4. The number of carbonyl (C=O) groups excluding carboxylic acids is 3. The predicted octanol–water partition coefficient (Wildman–Crippen LogP) is 5.92. The van der Waals surface area contributed by atoms with Crippen molar-refractivity contribution in [2.24, 2.45) is 11.8 Å². The monoisotopic (exact) mass is 558 g/mol. The van der Waals surface area contributed by atoms with Gasteiger partial charge in [-0.1, -0.05) is 77.8 Å². The van der Waals surface area contributed by atoms with Crippen LogP contribution in [-0.4, -0.2) is 29.2 Å². The van der Waals surface area contributed by atoms with Gasteiger partial charge in [0.25, 0.3) is 0 Å². The van der Waals surface area contributed by atoms with Gasteiger partial charge in [-0.2, -0.15) is 0 Å². The summed E-state index contributed by atoms with van der Waals surface area (Å²) in [5, 5.41) is 3.20. The number of nitrogens with one attached hydrogen (secondary N) is 1. The summed E-state index contributed by atoms with van der Waals surface area (Å²) in [6.07, 6.45) is -0.121. The number of rotatable bonds is 4. The Labute approximate surface area is 227 Å². The zero-order valence-corrected chi connectivity index (χ0v) is 21.6. The van der Waals surface area contributed by atoms with Gasteiger partial charge in [0, 0.05) is 13.0 Å². The molecule has 182 valence electrons. The maximum absolute atomic E-state index is 13.8. The fraction of sp³-hybridized carbons (Fsp3) is 0.222. The Balaban J connectivity index is 1.34. The van der Waals surface area contributed by atoms with Crippen LogP contribution in [0.4, 0.5) is 5.69 Å². The topological polar surface area (TPSA) is 66.5 Å². The maximum Gasteiger partial charge on any atom is 0.235 e. The van der Waals surface area contributed by atoms with Crippen LogP contribution >= 0.6 is 46.4 Å². The molecule has 0 spiro atoms. The summed E-state index contributed by atoms with van der Waals surface area (Å²) >= 11 is 26.9. The van der Waals surface area contributed by atoms with E-state index in [4.69, 9.17) is 46.4 Å². The number of amides is 3. The molecule has 0 unspecified atom stereocenters. The highest BCUT2D eigenvalue weighted by Crippen LogP contribution is 2.69. The Kier molecular flexibility index (Phi) is 5.44. The van der Waals surface area contributed by atoms with Gasteiger partial charge >= 0.3 is 0 Å². The number of hydrogen-bond donors (Lipinski definition) is 1. The van der Waals surface area contributed by atoms with Gasteiger partial charge in [0.2, 0.25) is 17.7 Å². The molecular formula is C27H18Cl4N2O3. The molecule has 36 heavy (non-hydrogen) atoms. The lowest BCUT2D eigenvalue weighted by atomic mass is 9.54. The average Bonchev–Trinajstić information content (AvgIpc) is 3.14. The fourth-order valence-electron chi connectivity index (χ4n) is 5.97. The van der Waals surface area contributed by atoms with Crippen molar-refractivity contribution >= 4 is 69.8 Å². The second-order valence-electron chi connectivity index (χ2n) is 9.20. The van der Waals surface area contributed by atoms with Crippen LogP contribution in [0.5, 0.6) is 0 Å². The first-order valence-corrected chi connectivity index (χ1v) is 12.9. The molecule has 3 aromatic rings. The fourth-order valence-corrected chi connectivity index (χ4v) is 7.42. The molecule has 7 rings (SSSR count). The lowest BCUT2D eigenvalue weighted by molar-refractivity contribution is -0.140. The predicted molar refractivity (Wildman–Crippen MR) is 140 cm³/mol. The SMILES string of the molecule is O=C(CCN1C(=O)[C@H]2[C@H](C1=O)C1(Cl)c3ccccc3C2(Cl)c2ccccc21)Nc1cccc(Cl)c1Cl. The van der Waals surface area contributed by atoms with Crippen molar-refractivity contribution < 1.29 is 14.4 Å². The van der Waals surface area contributed by atoms with Crippen LogP contribution in [0.2, 0.25) is 10.0 Å². The van der Waals surface area contributed by atoms with Gasteiger partial charge in [0.15, 0.2) is 0 Å². The van der Waals surface area contributed by atoms with Crippen molar-refractivity contribution in [3.05, 3.63) is 99.0 Å². The molecule has 1 fully saturated rings. The van der Waals surface area contributed by atoms with Crippen LogP contribution in [0.15, 0.2) is 66.7 Å². The van der Waals surface area contributed by atoms with Crippen molar-refractivity contribution in [2.45, 2.75) is 16.2 Å². The largest absolute Gasteiger partial charge is 0.325 e. The molecule has 2 atom stereocenters. The van der Waals surface area contributed by atoms with Crippen LogP contribution in [-0.2, 0) is 24.1 Å². The Morgan fingerprint density at radius 2 is 1.25 bits per heavy atom. The minimum atomic E-state index is -1.24. The summed E-state index contributed by atoms with van der Waals surface area (Å²) in [5.74, 6) is -3.05. The quantitative estimate of drug-likeness (QED) is 0.319. The molecule has 0 saturated carbocycles. The molecule has 1 aliphatic heterocycles. The van der Waals surface area contributed by atoms with Gasteiger partial charge in [0.1, 0.15) is 9.75 Å². The number of alkyl halides is 2. The van der Waals surface area contributed by atoms with Crippen molar-refractivity contribution in [3.8, 4) is 0 Å². The zero-order chi connectivity index (χ0) is 25.4. The molecule has 3 aromatic carbocycles. The third-order valence-corrected chi connectivity index (χ3v) is 9.57.